The molecule has 0 unspecified atom stereocenters. The number of nitrogens with zero attached hydrogens (tertiary/aromatic N) is 3. The van der Waals surface area contributed by atoms with Gasteiger partial charge in [-0.25, -0.2) is 4.98 Å². The summed E-state index contributed by atoms with van der Waals surface area (Å²) in [5.74, 6) is 2.19. The number of hydrogen-bond donors (Lipinski definition) is 0. The number of aryl methyl sites for hydroxylation is 1. The van der Waals surface area contributed by atoms with Crippen LogP contribution < -0.4 is 4.74 Å². The molecule has 0 aliphatic carbocycles. The maximum absolute atomic E-state index is 12.4. The lowest BCUT2D eigenvalue weighted by Crippen LogP contribution is -2.25. The summed E-state index contributed by atoms with van der Waals surface area (Å²) in [6, 6.07) is 16.3. The van der Waals surface area contributed by atoms with Crippen molar-refractivity contribution in [1.82, 2.24) is 14.5 Å². The minimum absolute atomic E-state index is 0.106. The molecule has 2 heterocycles. The Morgan fingerprint density at radius 1 is 1.10 bits per heavy atom. The smallest absolute Gasteiger partial charge is 0.223 e. The van der Waals surface area contributed by atoms with Crippen LogP contribution >= 0.6 is 0 Å². The average molecular weight is 416 g/mol. The molecule has 1 atom stereocenters. The Hall–Kier alpha value is -3.34. The number of fused-ring (bicyclic) bond motifs is 1. The van der Waals surface area contributed by atoms with E-state index in [1.807, 2.05) is 47.4 Å². The molecule has 0 N–H and O–H groups in total. The SMILES string of the molecule is C=CCc1ccccc1OCCCn1c([C@@H]2CC(=O)N(CC=C)C2)nc2ccccc21. The second-order valence-corrected chi connectivity index (χ2v) is 7.90. The van der Waals surface area contributed by atoms with Crippen LogP contribution in [0.4, 0.5) is 0 Å². The molecule has 1 aliphatic heterocycles. The molecular weight excluding hydrogens is 386 g/mol. The Morgan fingerprint density at radius 2 is 1.90 bits per heavy atom. The van der Waals surface area contributed by atoms with Crippen molar-refractivity contribution in [3.05, 3.63) is 85.2 Å². The molecule has 160 valence electrons. The van der Waals surface area contributed by atoms with Crippen molar-refractivity contribution in [2.45, 2.75) is 31.7 Å². The van der Waals surface area contributed by atoms with E-state index in [4.69, 9.17) is 9.72 Å². The molecule has 5 nitrogen and oxygen atoms in total. The van der Waals surface area contributed by atoms with Gasteiger partial charge in [0.25, 0.3) is 0 Å². The standard InChI is InChI=1S/C26H29N3O2/c1-3-10-20-11-5-8-14-24(20)31-17-9-16-29-23-13-7-6-12-22(23)27-26(29)21-18-25(30)28(19-21)15-4-2/h3-8,11-14,21H,1-2,9-10,15-19H2/t21-/m1/s1. The van der Waals surface area contributed by atoms with Gasteiger partial charge in [0.05, 0.1) is 17.6 Å². The number of imidazole rings is 1. The number of aromatic nitrogens is 2. The molecule has 0 spiro atoms. The van der Waals surface area contributed by atoms with Crippen LogP contribution in [0.15, 0.2) is 73.8 Å². The maximum atomic E-state index is 12.4. The fraction of sp³-hybridized carbons (Fsp3) is 0.308. The molecule has 2 aromatic carbocycles. The Kier molecular flexibility index (Phi) is 6.51. The molecular formula is C26H29N3O2. The van der Waals surface area contributed by atoms with E-state index >= 15 is 0 Å². The minimum Gasteiger partial charge on any atom is -0.493 e. The molecule has 3 aromatic rings. The summed E-state index contributed by atoms with van der Waals surface area (Å²) in [5, 5.41) is 0. The third-order valence-electron chi connectivity index (χ3n) is 5.73. The van der Waals surface area contributed by atoms with Crippen molar-refractivity contribution in [3.8, 4) is 5.75 Å². The monoisotopic (exact) mass is 415 g/mol. The van der Waals surface area contributed by atoms with Crippen LogP contribution in [0.1, 0.15) is 30.1 Å². The highest BCUT2D eigenvalue weighted by Gasteiger charge is 2.33. The number of carbonyl (C=O) groups excluding carboxylic acids is 1. The van der Waals surface area contributed by atoms with Gasteiger partial charge in [0.2, 0.25) is 5.91 Å². The van der Waals surface area contributed by atoms with E-state index in [-0.39, 0.29) is 11.8 Å². The topological polar surface area (TPSA) is 47.4 Å². The van der Waals surface area contributed by atoms with Crippen LogP contribution in [0, 0.1) is 0 Å². The molecule has 5 heteroatoms. The summed E-state index contributed by atoms with van der Waals surface area (Å²) >= 11 is 0. The fourth-order valence-corrected chi connectivity index (χ4v) is 4.29. The molecule has 1 fully saturated rings. The summed E-state index contributed by atoms with van der Waals surface area (Å²) in [6.45, 7) is 10.3. The van der Waals surface area contributed by atoms with E-state index in [2.05, 4.69) is 29.9 Å². The highest BCUT2D eigenvalue weighted by molar-refractivity contribution is 5.81. The van der Waals surface area contributed by atoms with Gasteiger partial charge in [0, 0.05) is 32.0 Å². The van der Waals surface area contributed by atoms with Gasteiger partial charge >= 0.3 is 0 Å². The molecule has 1 aromatic heterocycles. The minimum atomic E-state index is 0.106. The highest BCUT2D eigenvalue weighted by Crippen LogP contribution is 2.30. The van der Waals surface area contributed by atoms with Crippen molar-refractivity contribution in [2.75, 3.05) is 19.7 Å². The van der Waals surface area contributed by atoms with E-state index in [0.29, 0.717) is 26.1 Å². The first-order valence-electron chi connectivity index (χ1n) is 10.9. The third-order valence-corrected chi connectivity index (χ3v) is 5.73. The number of para-hydroxylation sites is 3. The molecule has 4 rings (SSSR count). The van der Waals surface area contributed by atoms with E-state index < -0.39 is 0 Å². The zero-order valence-corrected chi connectivity index (χ0v) is 17.9. The van der Waals surface area contributed by atoms with Gasteiger partial charge in [-0.1, -0.05) is 42.5 Å². The van der Waals surface area contributed by atoms with Crippen LogP contribution in [0.5, 0.6) is 5.75 Å². The number of benzene rings is 2. The largest absolute Gasteiger partial charge is 0.493 e. The summed E-state index contributed by atoms with van der Waals surface area (Å²) in [7, 11) is 0. The lowest BCUT2D eigenvalue weighted by Gasteiger charge is -2.16. The summed E-state index contributed by atoms with van der Waals surface area (Å²) < 4.78 is 8.34. The lowest BCUT2D eigenvalue weighted by atomic mass is 10.1. The normalized spacial score (nSPS) is 16.1. The molecule has 0 radical (unpaired) electrons. The number of ether oxygens (including phenoxy) is 1. The third kappa shape index (κ3) is 4.55. The number of hydrogen-bond acceptors (Lipinski definition) is 3. The van der Waals surface area contributed by atoms with Crippen molar-refractivity contribution in [1.29, 1.82) is 0 Å². The second-order valence-electron chi connectivity index (χ2n) is 7.90. The fourth-order valence-electron chi connectivity index (χ4n) is 4.29. The van der Waals surface area contributed by atoms with Crippen LogP contribution in [0.25, 0.3) is 11.0 Å². The number of rotatable bonds is 10. The molecule has 1 aliphatic rings. The molecule has 1 amide bonds. The predicted octanol–water partition coefficient (Wildman–Crippen LogP) is 4.74. The van der Waals surface area contributed by atoms with Crippen molar-refractivity contribution >= 4 is 16.9 Å². The van der Waals surface area contributed by atoms with E-state index in [1.54, 1.807) is 6.08 Å². The number of likely N-dealkylation sites (tertiary alicyclic amines) is 1. The lowest BCUT2D eigenvalue weighted by molar-refractivity contribution is -0.127. The Morgan fingerprint density at radius 3 is 2.74 bits per heavy atom. The summed E-state index contributed by atoms with van der Waals surface area (Å²) in [5.41, 5.74) is 3.24. The first-order chi connectivity index (χ1) is 15.2. The van der Waals surface area contributed by atoms with Crippen molar-refractivity contribution < 1.29 is 9.53 Å². The first kappa shape index (κ1) is 20.9. The number of amides is 1. The summed E-state index contributed by atoms with van der Waals surface area (Å²) in [6.07, 6.45) is 5.83. The van der Waals surface area contributed by atoms with Gasteiger partial charge in [-0.05, 0) is 36.6 Å². The molecule has 1 saturated heterocycles. The zero-order valence-electron chi connectivity index (χ0n) is 17.9. The molecule has 0 bridgehead atoms. The van der Waals surface area contributed by atoms with Gasteiger partial charge < -0.3 is 14.2 Å². The van der Waals surface area contributed by atoms with Crippen LogP contribution in [0.2, 0.25) is 0 Å². The quantitative estimate of drug-likeness (QED) is 0.355. The van der Waals surface area contributed by atoms with Gasteiger partial charge in [-0.2, -0.15) is 0 Å². The van der Waals surface area contributed by atoms with Crippen LogP contribution in [-0.4, -0.2) is 40.1 Å². The average Bonchev–Trinajstić information content (AvgIpc) is 3.33. The summed E-state index contributed by atoms with van der Waals surface area (Å²) in [4.78, 5) is 19.2. The van der Waals surface area contributed by atoms with Crippen LogP contribution in [-0.2, 0) is 17.8 Å². The Balaban J connectivity index is 1.49. The number of allylic oxidation sites excluding steroid dienone is 1. The van der Waals surface area contributed by atoms with E-state index in [1.165, 1.54) is 0 Å². The van der Waals surface area contributed by atoms with Crippen LogP contribution in [0.3, 0.4) is 0 Å². The van der Waals surface area contributed by atoms with Gasteiger partial charge in [-0.15, -0.1) is 13.2 Å². The van der Waals surface area contributed by atoms with Gasteiger partial charge in [0.1, 0.15) is 11.6 Å². The van der Waals surface area contributed by atoms with Gasteiger partial charge in [-0.3, -0.25) is 4.79 Å². The van der Waals surface area contributed by atoms with Crippen molar-refractivity contribution in [2.24, 2.45) is 0 Å². The molecule has 31 heavy (non-hydrogen) atoms. The molecule has 0 saturated carbocycles. The Labute approximate surface area is 183 Å². The second kappa shape index (κ2) is 9.65. The maximum Gasteiger partial charge on any atom is 0.223 e. The predicted molar refractivity (Wildman–Crippen MR) is 124 cm³/mol. The first-order valence-corrected chi connectivity index (χ1v) is 10.9. The Bertz CT molecular complexity index is 1090. The number of carbonyl (C=O) groups is 1. The van der Waals surface area contributed by atoms with E-state index in [0.717, 1.165) is 47.6 Å². The van der Waals surface area contributed by atoms with E-state index in [9.17, 15) is 4.79 Å². The highest BCUT2D eigenvalue weighted by atomic mass is 16.5. The zero-order chi connectivity index (χ0) is 21.6. The van der Waals surface area contributed by atoms with Gasteiger partial charge in [0.15, 0.2) is 0 Å². The van der Waals surface area contributed by atoms with Crippen molar-refractivity contribution in [3.63, 3.8) is 0 Å².